The third kappa shape index (κ3) is 13.1. The van der Waals surface area contributed by atoms with Gasteiger partial charge in [-0.05, 0) is 29.4 Å². The Morgan fingerprint density at radius 1 is 0.595 bits per heavy atom. The molecule has 2 nitrogen and oxygen atoms in total. The minimum Gasteiger partial charge on any atom is -0.0767 e. The van der Waals surface area contributed by atoms with Crippen molar-refractivity contribution in [1.29, 1.82) is 0 Å². The van der Waals surface area contributed by atoms with E-state index in [4.69, 9.17) is 4.65 Å². The van der Waals surface area contributed by atoms with Crippen LogP contribution in [0, 0.1) is 13.1 Å². The number of allylic oxidation sites excluding steroid dienone is 4. The Balaban J connectivity index is 0.000000319. The zero-order chi connectivity index (χ0) is 25.8. The Morgan fingerprint density at radius 2 is 0.919 bits per heavy atom. The van der Waals surface area contributed by atoms with E-state index in [1.54, 1.807) is 0 Å². The van der Waals surface area contributed by atoms with Crippen molar-refractivity contribution in [3.8, 4) is 0 Å². The molecule has 4 aromatic carbocycles. The monoisotopic (exact) mass is 628 g/mol. The van der Waals surface area contributed by atoms with Crippen LogP contribution in [-0.4, -0.2) is 4.21 Å². The van der Waals surface area contributed by atoms with Crippen molar-refractivity contribution in [2.45, 2.75) is 5.75 Å². The van der Waals surface area contributed by atoms with E-state index in [1.165, 1.54) is 15.9 Å². The number of rotatable bonds is 5. The molecule has 0 saturated heterocycles. The molecule has 1 atom stereocenters. The molecule has 4 aromatic rings. The van der Waals surface area contributed by atoms with Crippen molar-refractivity contribution in [2.24, 2.45) is 0 Å². The Labute approximate surface area is 242 Å². The molecular weight excluding hydrogens is 601 g/mol. The standard InChI is InChI=1S/C18H15P.C7H8OS2.C5H5.CO.Ru/c1-4-10-16(11-5-1)19(17-12-6-2-7-13-17)18-14-8-3-9-15-18;8-10(9)6-7-4-2-1-3-5-7;1-2-4-5-3-1;1-2;/h1-15H;1-5H,6H2,(H,8,9);1-5H;;/q;;;;+1/p-1. The molecular formula is C31H27O2PRuS2. The van der Waals surface area contributed by atoms with Gasteiger partial charge in [0.05, 0.1) is 0 Å². The van der Waals surface area contributed by atoms with Crippen molar-refractivity contribution in [3.63, 3.8) is 0 Å². The second-order valence-electron chi connectivity index (χ2n) is 7.24. The van der Waals surface area contributed by atoms with Gasteiger partial charge in [-0.15, -0.1) is 9.83 Å². The summed E-state index contributed by atoms with van der Waals surface area (Å²) in [5, 5.41) is 4.19. The molecule has 1 aliphatic carbocycles. The Bertz CT molecular complexity index is 1110. The van der Waals surface area contributed by atoms with E-state index in [1.807, 2.05) is 61.1 Å². The van der Waals surface area contributed by atoms with Gasteiger partial charge >= 0.3 is 30.8 Å². The molecule has 0 aliphatic heterocycles. The minimum absolute atomic E-state index is 0. The summed E-state index contributed by atoms with van der Waals surface area (Å²) in [6.45, 7) is 4.50. The van der Waals surface area contributed by atoms with Crippen LogP contribution in [0.5, 0.6) is 0 Å². The van der Waals surface area contributed by atoms with Gasteiger partial charge in [0.2, 0.25) is 0 Å². The molecule has 37 heavy (non-hydrogen) atoms. The first-order valence-electron chi connectivity index (χ1n) is 11.2. The van der Waals surface area contributed by atoms with Gasteiger partial charge in [0.1, 0.15) is 0 Å². The normalized spacial score (nSPS) is 11.4. The van der Waals surface area contributed by atoms with E-state index in [-0.39, 0.29) is 19.5 Å². The Hall–Kier alpha value is -2.35. The van der Waals surface area contributed by atoms with Crippen molar-refractivity contribution >= 4 is 45.3 Å². The van der Waals surface area contributed by atoms with E-state index in [2.05, 4.69) is 109 Å². The molecule has 0 aromatic heterocycles. The molecule has 188 valence electrons. The number of hydrogen-bond donors (Lipinski definition) is 0. The summed E-state index contributed by atoms with van der Waals surface area (Å²) in [6, 6.07) is 41.9. The average Bonchev–Trinajstić information content (AvgIpc) is 3.53. The Morgan fingerprint density at radius 3 is 1.19 bits per heavy atom. The SMILES string of the molecule is O=S([S-])Cc1ccccc1.[C-]#[O+].[CH]1C=CC=C1.[Ru+].c1ccc(P(c2ccccc2)c2ccccc2)cc1. The van der Waals surface area contributed by atoms with Gasteiger partial charge in [0, 0.05) is 12.2 Å². The van der Waals surface area contributed by atoms with Crippen LogP contribution in [0.2, 0.25) is 0 Å². The minimum atomic E-state index is -1.13. The topological polar surface area (TPSA) is 37.0 Å². The van der Waals surface area contributed by atoms with Crippen LogP contribution in [0.3, 0.4) is 0 Å². The average molecular weight is 628 g/mol. The summed E-state index contributed by atoms with van der Waals surface area (Å²) >= 11 is 4.53. The van der Waals surface area contributed by atoms with Crippen molar-refractivity contribution in [3.05, 3.63) is 164 Å². The van der Waals surface area contributed by atoms with Crippen LogP contribution in [0.15, 0.2) is 146 Å². The first-order chi connectivity index (χ1) is 17.7. The van der Waals surface area contributed by atoms with Crippen LogP contribution >= 0.6 is 7.92 Å². The fraction of sp³-hybridized carbons (Fsp3) is 0.0323. The van der Waals surface area contributed by atoms with Gasteiger partial charge in [-0.2, -0.15) is 0 Å². The maximum absolute atomic E-state index is 10.5. The second kappa shape index (κ2) is 20.7. The van der Waals surface area contributed by atoms with Crippen LogP contribution in [0.25, 0.3) is 0 Å². The summed E-state index contributed by atoms with van der Waals surface area (Å²) in [4.78, 5) is 0. The van der Waals surface area contributed by atoms with Crippen LogP contribution in [0.4, 0.5) is 0 Å². The van der Waals surface area contributed by atoms with Gasteiger partial charge in [-0.25, -0.2) is 0 Å². The van der Waals surface area contributed by atoms with E-state index in [0.29, 0.717) is 5.75 Å². The zero-order valence-electron chi connectivity index (χ0n) is 20.1. The number of hydrogen-bond acceptors (Lipinski definition) is 2. The Kier molecular flexibility index (Phi) is 18.3. The van der Waals surface area contributed by atoms with Gasteiger partial charge < -0.3 is 11.7 Å². The quantitative estimate of drug-likeness (QED) is 0.0668. The first-order valence-corrected chi connectivity index (χ1v) is 14.7. The van der Waals surface area contributed by atoms with Gasteiger partial charge in [0.15, 0.2) is 0 Å². The van der Waals surface area contributed by atoms with E-state index in [0.717, 1.165) is 5.56 Å². The van der Waals surface area contributed by atoms with Crippen molar-refractivity contribution < 1.29 is 28.3 Å². The maximum atomic E-state index is 10.5. The maximum Gasteiger partial charge on any atom is 1.00 e. The molecule has 1 unspecified atom stereocenters. The molecule has 6 heteroatoms. The van der Waals surface area contributed by atoms with Crippen molar-refractivity contribution in [2.75, 3.05) is 0 Å². The molecule has 0 N–H and O–H groups in total. The van der Waals surface area contributed by atoms with Gasteiger partial charge in [0.25, 0.3) is 0 Å². The first kappa shape index (κ1) is 32.7. The van der Waals surface area contributed by atoms with Gasteiger partial charge in [-0.3, -0.25) is 4.21 Å². The third-order valence-electron chi connectivity index (χ3n) is 4.73. The zero-order valence-corrected chi connectivity index (χ0v) is 24.3. The van der Waals surface area contributed by atoms with Crippen LogP contribution in [0.1, 0.15) is 5.56 Å². The van der Waals surface area contributed by atoms with Gasteiger partial charge in [-0.1, -0.05) is 146 Å². The summed E-state index contributed by atoms with van der Waals surface area (Å²) in [6.07, 6.45) is 10.0. The van der Waals surface area contributed by atoms with Crippen LogP contribution in [-0.2, 0) is 51.4 Å². The van der Waals surface area contributed by atoms with E-state index in [9.17, 15) is 4.21 Å². The molecule has 0 bridgehead atoms. The predicted molar refractivity (Wildman–Crippen MR) is 157 cm³/mol. The fourth-order valence-corrected chi connectivity index (χ4v) is 6.39. The summed E-state index contributed by atoms with van der Waals surface area (Å²) < 4.78 is 18.0. The molecule has 0 saturated carbocycles. The van der Waals surface area contributed by atoms with Crippen LogP contribution < -0.4 is 15.9 Å². The second-order valence-corrected chi connectivity index (χ2v) is 11.5. The van der Waals surface area contributed by atoms with Crippen molar-refractivity contribution in [1.82, 2.24) is 0 Å². The summed E-state index contributed by atoms with van der Waals surface area (Å²) in [5.74, 6) is 0.482. The van der Waals surface area contributed by atoms with E-state index >= 15 is 0 Å². The molecule has 5 rings (SSSR count). The smallest absolute Gasteiger partial charge is 0.0767 e. The summed E-state index contributed by atoms with van der Waals surface area (Å²) in [7, 11) is -1.58. The molecule has 1 aliphatic rings. The molecule has 2 radical (unpaired) electrons. The fourth-order valence-electron chi connectivity index (χ4n) is 3.21. The molecule has 0 spiro atoms. The number of benzene rings is 4. The summed E-state index contributed by atoms with van der Waals surface area (Å²) in [5.41, 5.74) is 1.04. The largest absolute Gasteiger partial charge is 1.00 e. The third-order valence-corrected chi connectivity index (χ3v) is 8.09. The molecule has 0 fully saturated rings. The predicted octanol–water partition coefficient (Wildman–Crippen LogP) is 6.12. The van der Waals surface area contributed by atoms with E-state index < -0.39 is 17.8 Å². The molecule has 0 amide bonds. The molecule has 0 heterocycles.